The molecule has 0 radical (unpaired) electrons. The van der Waals surface area contributed by atoms with Gasteiger partial charge in [0.15, 0.2) is 0 Å². The van der Waals surface area contributed by atoms with Gasteiger partial charge in [0, 0.05) is 24.2 Å². The van der Waals surface area contributed by atoms with Gasteiger partial charge in [0.05, 0.1) is 7.11 Å². The van der Waals surface area contributed by atoms with Crippen molar-refractivity contribution >= 4 is 39.0 Å². The molecule has 0 bridgehead atoms. The standard InChI is InChI=1S/C26H29N3O3S.C5H11N/c1-16(29-14-6-3-7-15-29)27-23-22-21(17-10-12-18(32-2)13-11-17)19-8-4-5-9-20(19)28-25(22)33-24(23)26(30)31;1-2-4-6-5-3-1/h10-13H,3-9,14-15H2,1-2H3,(H,30,31);6H,1-5H2. The summed E-state index contributed by atoms with van der Waals surface area (Å²) in [5.41, 5.74) is 5.04. The second-order valence-corrected chi connectivity index (χ2v) is 11.6. The van der Waals surface area contributed by atoms with Crippen molar-refractivity contribution in [3.05, 3.63) is 40.4 Å². The van der Waals surface area contributed by atoms with Crippen LogP contribution < -0.4 is 10.1 Å². The molecule has 0 atom stereocenters. The number of aliphatic imine (C=N–C) groups is 1. The molecule has 2 aromatic heterocycles. The molecule has 2 saturated heterocycles. The van der Waals surface area contributed by atoms with Crippen LogP contribution in [0, 0.1) is 0 Å². The van der Waals surface area contributed by atoms with Gasteiger partial charge in [-0.15, -0.1) is 11.3 Å². The summed E-state index contributed by atoms with van der Waals surface area (Å²) in [5.74, 6) is 0.741. The molecule has 4 heterocycles. The Morgan fingerprint density at radius 2 is 1.69 bits per heavy atom. The predicted octanol–water partition coefficient (Wildman–Crippen LogP) is 6.84. The SMILES string of the molecule is C1CCNCC1.COc1ccc(-c2c3c(nc4sc(C(=O)O)c(N=C(C)N5CCCCC5)c24)CCCC3)cc1. The summed E-state index contributed by atoms with van der Waals surface area (Å²) >= 11 is 1.25. The number of carboxylic acid groups (broad SMARTS) is 1. The maximum Gasteiger partial charge on any atom is 0.348 e. The number of carboxylic acids is 1. The highest BCUT2D eigenvalue weighted by Crippen LogP contribution is 2.46. The topological polar surface area (TPSA) is 87.0 Å². The molecule has 8 heteroatoms. The van der Waals surface area contributed by atoms with Crippen LogP contribution in [0.15, 0.2) is 29.3 Å². The molecule has 2 aliphatic heterocycles. The minimum absolute atomic E-state index is 0.269. The lowest BCUT2D eigenvalue weighted by molar-refractivity contribution is 0.0703. The van der Waals surface area contributed by atoms with Gasteiger partial charge in [-0.3, -0.25) is 0 Å². The van der Waals surface area contributed by atoms with Crippen LogP contribution in [0.3, 0.4) is 0 Å². The van der Waals surface area contributed by atoms with Crippen LogP contribution in [-0.4, -0.2) is 60.1 Å². The number of benzene rings is 1. The van der Waals surface area contributed by atoms with Crippen molar-refractivity contribution in [3.63, 3.8) is 0 Å². The number of ether oxygens (including phenoxy) is 1. The summed E-state index contributed by atoms with van der Waals surface area (Å²) in [4.78, 5) is 25.5. The molecule has 3 aromatic rings. The monoisotopic (exact) mass is 548 g/mol. The molecule has 208 valence electrons. The number of nitrogens with one attached hydrogen (secondary N) is 1. The number of likely N-dealkylation sites (tertiary alicyclic amines) is 1. The molecule has 3 aliphatic rings. The maximum atomic E-state index is 12.3. The number of aromatic nitrogens is 1. The van der Waals surface area contributed by atoms with Gasteiger partial charge in [-0.2, -0.15) is 0 Å². The van der Waals surface area contributed by atoms with Crippen LogP contribution in [0.2, 0.25) is 0 Å². The van der Waals surface area contributed by atoms with Crippen molar-refractivity contribution in [1.82, 2.24) is 15.2 Å². The molecule has 1 aliphatic carbocycles. The summed E-state index contributed by atoms with van der Waals surface area (Å²) in [6, 6.07) is 8.05. The molecule has 0 saturated carbocycles. The first kappa shape index (κ1) is 27.6. The first-order valence-electron chi connectivity index (χ1n) is 14.4. The van der Waals surface area contributed by atoms with Gasteiger partial charge in [-0.1, -0.05) is 18.6 Å². The summed E-state index contributed by atoms with van der Waals surface area (Å²) in [5, 5.41) is 14.2. The summed E-state index contributed by atoms with van der Waals surface area (Å²) in [6.45, 7) is 6.44. The zero-order chi connectivity index (χ0) is 27.2. The van der Waals surface area contributed by atoms with E-state index in [1.807, 2.05) is 19.1 Å². The van der Waals surface area contributed by atoms with E-state index in [1.54, 1.807) is 7.11 Å². The number of nitrogens with zero attached hydrogens (tertiary/aromatic N) is 3. The first-order valence-corrected chi connectivity index (χ1v) is 15.3. The number of hydrogen-bond acceptors (Lipinski definition) is 6. The lowest BCUT2D eigenvalue weighted by Gasteiger charge is -2.28. The number of pyridine rings is 1. The van der Waals surface area contributed by atoms with Gasteiger partial charge >= 0.3 is 5.97 Å². The van der Waals surface area contributed by atoms with E-state index in [4.69, 9.17) is 14.7 Å². The third-order valence-electron chi connectivity index (χ3n) is 7.96. The van der Waals surface area contributed by atoms with Crippen LogP contribution in [0.1, 0.15) is 79.2 Å². The third kappa shape index (κ3) is 6.28. The van der Waals surface area contributed by atoms with E-state index < -0.39 is 5.97 Å². The van der Waals surface area contributed by atoms with Gasteiger partial charge < -0.3 is 20.1 Å². The number of aryl methyl sites for hydroxylation is 1. The molecular weight excluding hydrogens is 508 g/mol. The van der Waals surface area contributed by atoms with Crippen LogP contribution in [0.5, 0.6) is 5.75 Å². The Labute approximate surface area is 235 Å². The van der Waals surface area contributed by atoms with E-state index >= 15 is 0 Å². The van der Waals surface area contributed by atoms with Crippen molar-refractivity contribution in [3.8, 4) is 16.9 Å². The highest BCUT2D eigenvalue weighted by molar-refractivity contribution is 7.21. The highest BCUT2D eigenvalue weighted by atomic mass is 32.1. The number of aromatic carboxylic acids is 1. The fourth-order valence-corrected chi connectivity index (χ4v) is 6.83. The van der Waals surface area contributed by atoms with E-state index in [1.165, 1.54) is 55.7 Å². The quantitative estimate of drug-likeness (QED) is 0.274. The molecule has 2 N–H and O–H groups in total. The molecular formula is C31H40N4O3S. The normalized spacial score (nSPS) is 17.8. The minimum Gasteiger partial charge on any atom is -0.497 e. The van der Waals surface area contributed by atoms with E-state index in [0.717, 1.165) is 90.2 Å². The zero-order valence-electron chi connectivity index (χ0n) is 23.2. The van der Waals surface area contributed by atoms with E-state index in [9.17, 15) is 9.90 Å². The van der Waals surface area contributed by atoms with Crippen LogP contribution >= 0.6 is 11.3 Å². The number of rotatable bonds is 4. The Morgan fingerprint density at radius 3 is 2.31 bits per heavy atom. The Bertz CT molecular complexity index is 1310. The largest absolute Gasteiger partial charge is 0.497 e. The van der Waals surface area contributed by atoms with Crippen LogP contribution in [-0.2, 0) is 12.8 Å². The van der Waals surface area contributed by atoms with Crippen LogP contribution in [0.4, 0.5) is 5.69 Å². The van der Waals surface area contributed by atoms with Gasteiger partial charge in [0.1, 0.15) is 27.0 Å². The fraction of sp³-hybridized carbons (Fsp3) is 0.516. The predicted molar refractivity (Wildman–Crippen MR) is 160 cm³/mol. The average Bonchev–Trinajstić information content (AvgIpc) is 3.35. The molecule has 1 aromatic carbocycles. The Balaban J connectivity index is 0.000000455. The van der Waals surface area contributed by atoms with Crippen molar-refractivity contribution in [2.45, 2.75) is 71.1 Å². The van der Waals surface area contributed by atoms with Gasteiger partial charge in [-0.25, -0.2) is 14.8 Å². The zero-order valence-corrected chi connectivity index (χ0v) is 24.0. The Morgan fingerprint density at radius 1 is 1.00 bits per heavy atom. The molecule has 6 rings (SSSR count). The van der Waals surface area contributed by atoms with Crippen molar-refractivity contribution in [1.29, 1.82) is 0 Å². The fourth-order valence-electron chi connectivity index (χ4n) is 5.85. The lowest BCUT2D eigenvalue weighted by Crippen LogP contribution is -2.33. The number of carbonyl (C=O) groups is 1. The average molecular weight is 549 g/mol. The van der Waals surface area contributed by atoms with Crippen LogP contribution in [0.25, 0.3) is 21.3 Å². The van der Waals surface area contributed by atoms with Gasteiger partial charge in [0.25, 0.3) is 0 Å². The van der Waals surface area contributed by atoms with Crippen molar-refractivity contribution in [2.75, 3.05) is 33.3 Å². The van der Waals surface area contributed by atoms with E-state index in [2.05, 4.69) is 22.3 Å². The molecule has 39 heavy (non-hydrogen) atoms. The number of fused-ring (bicyclic) bond motifs is 2. The molecule has 0 amide bonds. The minimum atomic E-state index is -0.943. The number of hydrogen-bond donors (Lipinski definition) is 2. The second-order valence-electron chi connectivity index (χ2n) is 10.6. The van der Waals surface area contributed by atoms with Gasteiger partial charge in [-0.05, 0) is 107 Å². The highest BCUT2D eigenvalue weighted by Gasteiger charge is 2.27. The van der Waals surface area contributed by atoms with Crippen molar-refractivity contribution in [2.24, 2.45) is 4.99 Å². The maximum absolute atomic E-state index is 12.3. The number of amidine groups is 1. The molecule has 0 spiro atoms. The van der Waals surface area contributed by atoms with Crippen molar-refractivity contribution < 1.29 is 14.6 Å². The third-order valence-corrected chi connectivity index (χ3v) is 9.02. The van der Waals surface area contributed by atoms with Gasteiger partial charge in [0.2, 0.25) is 0 Å². The number of methoxy groups -OCH3 is 1. The summed E-state index contributed by atoms with van der Waals surface area (Å²) < 4.78 is 5.37. The number of piperidine rings is 2. The first-order chi connectivity index (χ1) is 19.1. The Hall–Kier alpha value is -2.97. The lowest BCUT2D eigenvalue weighted by atomic mass is 9.87. The van der Waals surface area contributed by atoms with E-state index in [0.29, 0.717) is 5.69 Å². The molecule has 0 unspecified atom stereocenters. The summed E-state index contributed by atoms with van der Waals surface area (Å²) in [7, 11) is 1.66. The summed E-state index contributed by atoms with van der Waals surface area (Å²) in [6.07, 6.45) is 11.9. The van der Waals surface area contributed by atoms with E-state index in [-0.39, 0.29) is 4.88 Å². The smallest absolute Gasteiger partial charge is 0.348 e. The second kappa shape index (κ2) is 12.9. The molecule has 7 nitrogen and oxygen atoms in total. The number of thiophene rings is 1. The Kier molecular flexibility index (Phi) is 9.14. The molecule has 2 fully saturated rings.